The van der Waals surface area contributed by atoms with Crippen LogP contribution < -0.4 is 5.73 Å². The number of nitrogen functional groups attached to an aromatic ring is 1. The minimum absolute atomic E-state index is 0.117. The number of rotatable bonds is 4. The van der Waals surface area contributed by atoms with Crippen molar-refractivity contribution in [1.82, 2.24) is 19.5 Å². The first-order chi connectivity index (χ1) is 11.9. The Morgan fingerprint density at radius 3 is 2.76 bits per heavy atom. The van der Waals surface area contributed by atoms with Gasteiger partial charge in [0, 0.05) is 13.8 Å². The van der Waals surface area contributed by atoms with Crippen LogP contribution in [0.1, 0.15) is 20.1 Å². The quantitative estimate of drug-likeness (QED) is 0.762. The van der Waals surface area contributed by atoms with Gasteiger partial charge in [-0.25, -0.2) is 19.3 Å². The normalized spacial score (nSPS) is 25.9. The van der Waals surface area contributed by atoms with Crippen LogP contribution in [0.5, 0.6) is 0 Å². The summed E-state index contributed by atoms with van der Waals surface area (Å²) in [6, 6.07) is 0. The predicted molar refractivity (Wildman–Crippen MR) is 80.7 cm³/mol. The third-order valence-electron chi connectivity index (χ3n) is 3.69. The minimum Gasteiger partial charge on any atom is -0.463 e. The fourth-order valence-electron chi connectivity index (χ4n) is 2.66. The highest BCUT2D eigenvalue weighted by Crippen LogP contribution is 2.36. The average Bonchev–Trinajstić information content (AvgIpc) is 3.09. The highest BCUT2D eigenvalue weighted by molar-refractivity contribution is 5.81. The van der Waals surface area contributed by atoms with Crippen LogP contribution >= 0.6 is 0 Å². The summed E-state index contributed by atoms with van der Waals surface area (Å²) in [5, 5.41) is 0. The number of nitrogens with zero attached hydrogens (tertiary/aromatic N) is 4. The summed E-state index contributed by atoms with van der Waals surface area (Å²) in [6.45, 7) is 2.04. The molecule has 25 heavy (non-hydrogen) atoms. The lowest BCUT2D eigenvalue weighted by atomic mass is 10.1. The van der Waals surface area contributed by atoms with Crippen LogP contribution in [0.4, 0.5) is 10.2 Å². The summed E-state index contributed by atoms with van der Waals surface area (Å²) in [7, 11) is 0. The molecule has 11 heteroatoms. The van der Waals surface area contributed by atoms with Crippen molar-refractivity contribution in [3.05, 3.63) is 12.7 Å². The summed E-state index contributed by atoms with van der Waals surface area (Å²) in [5.41, 5.74) is 6.46. The number of hydrogen-bond donors (Lipinski definition) is 1. The number of halogens is 1. The lowest BCUT2D eigenvalue weighted by Gasteiger charge is -2.20. The van der Waals surface area contributed by atoms with Gasteiger partial charge in [0.15, 0.2) is 30.0 Å². The van der Waals surface area contributed by atoms with Gasteiger partial charge in [0.1, 0.15) is 30.9 Å². The summed E-state index contributed by atoms with van der Waals surface area (Å²) < 4.78 is 31.6. The third kappa shape index (κ3) is 3.22. The molecule has 0 amide bonds. The van der Waals surface area contributed by atoms with Crippen LogP contribution in [-0.2, 0) is 23.8 Å². The van der Waals surface area contributed by atoms with Gasteiger partial charge in [-0.15, -0.1) is 0 Å². The van der Waals surface area contributed by atoms with Crippen LogP contribution in [0, 0.1) is 0 Å². The van der Waals surface area contributed by atoms with E-state index in [0.717, 1.165) is 6.92 Å². The molecule has 0 bridgehead atoms. The number of esters is 2. The molecule has 0 spiro atoms. The van der Waals surface area contributed by atoms with E-state index in [4.69, 9.17) is 19.9 Å². The van der Waals surface area contributed by atoms with Crippen molar-refractivity contribution in [3.63, 3.8) is 0 Å². The molecule has 2 N–H and O–H groups in total. The smallest absolute Gasteiger partial charge is 0.303 e. The standard InChI is InChI=1S/C14H16FN5O5/c1-6(21)23-3-8-9(15)11(24-7(2)22)14(25-8)20-5-19-13-10(20)12(16)17-4-18-13/h4-5,8-9,11,14H,3H2,1-2H3,(H2,16,17,18)/t8-,9-,11-,14-/m1/s1. The molecule has 1 aliphatic rings. The first kappa shape index (κ1) is 17.0. The molecule has 0 radical (unpaired) electrons. The number of imidazole rings is 1. The Morgan fingerprint density at radius 1 is 1.32 bits per heavy atom. The monoisotopic (exact) mass is 353 g/mol. The summed E-state index contributed by atoms with van der Waals surface area (Å²) in [5.74, 6) is -1.14. The molecule has 0 aromatic carbocycles. The minimum atomic E-state index is -1.71. The van der Waals surface area contributed by atoms with E-state index in [9.17, 15) is 14.0 Å². The molecule has 10 nitrogen and oxygen atoms in total. The number of aromatic nitrogens is 4. The molecule has 1 fully saturated rings. The maximum atomic E-state index is 14.7. The Labute approximate surface area is 141 Å². The van der Waals surface area contributed by atoms with Gasteiger partial charge in [0.05, 0.1) is 0 Å². The zero-order chi connectivity index (χ0) is 18.1. The second-order valence-electron chi connectivity index (χ2n) is 5.47. The molecule has 0 saturated carbocycles. The molecule has 1 saturated heterocycles. The van der Waals surface area contributed by atoms with Gasteiger partial charge in [0.2, 0.25) is 0 Å². The van der Waals surface area contributed by atoms with E-state index in [2.05, 4.69) is 15.0 Å². The van der Waals surface area contributed by atoms with E-state index >= 15 is 0 Å². The second-order valence-corrected chi connectivity index (χ2v) is 5.47. The number of alkyl halides is 1. The number of fused-ring (bicyclic) bond motifs is 1. The molecule has 3 heterocycles. The lowest BCUT2D eigenvalue weighted by Crippen LogP contribution is -2.34. The van der Waals surface area contributed by atoms with Crippen molar-refractivity contribution in [1.29, 1.82) is 0 Å². The maximum absolute atomic E-state index is 14.7. The largest absolute Gasteiger partial charge is 0.463 e. The molecular weight excluding hydrogens is 337 g/mol. The Bertz CT molecular complexity index is 812. The highest BCUT2D eigenvalue weighted by atomic mass is 19.1. The molecule has 0 unspecified atom stereocenters. The van der Waals surface area contributed by atoms with Crippen LogP contribution in [0.2, 0.25) is 0 Å². The zero-order valence-corrected chi connectivity index (χ0v) is 13.5. The predicted octanol–water partition coefficient (Wildman–Crippen LogP) is 0.139. The van der Waals surface area contributed by atoms with E-state index in [1.165, 1.54) is 24.1 Å². The van der Waals surface area contributed by atoms with E-state index < -0.39 is 36.5 Å². The molecule has 4 atom stereocenters. The van der Waals surface area contributed by atoms with Crippen molar-refractivity contribution in [2.45, 2.75) is 38.5 Å². The van der Waals surface area contributed by atoms with E-state index in [0.29, 0.717) is 5.52 Å². The Hall–Kier alpha value is -2.82. The second kappa shape index (κ2) is 6.59. The molecule has 2 aromatic rings. The summed E-state index contributed by atoms with van der Waals surface area (Å²) >= 11 is 0. The van der Waals surface area contributed by atoms with Crippen molar-refractivity contribution in [3.8, 4) is 0 Å². The zero-order valence-electron chi connectivity index (χ0n) is 13.5. The van der Waals surface area contributed by atoms with Gasteiger partial charge in [-0.1, -0.05) is 0 Å². The first-order valence-corrected chi connectivity index (χ1v) is 7.41. The van der Waals surface area contributed by atoms with E-state index in [-0.39, 0.29) is 18.1 Å². The Balaban J connectivity index is 1.96. The number of carbonyl (C=O) groups excluding carboxylic acids is 2. The van der Waals surface area contributed by atoms with Crippen molar-refractivity contribution in [2.24, 2.45) is 0 Å². The average molecular weight is 353 g/mol. The molecule has 134 valence electrons. The Morgan fingerprint density at radius 2 is 2.08 bits per heavy atom. The topological polar surface area (TPSA) is 131 Å². The van der Waals surface area contributed by atoms with Crippen LogP contribution in [0.25, 0.3) is 11.2 Å². The van der Waals surface area contributed by atoms with Crippen LogP contribution in [0.3, 0.4) is 0 Å². The number of anilines is 1. The molecule has 0 aliphatic carbocycles. The van der Waals surface area contributed by atoms with Crippen LogP contribution in [0.15, 0.2) is 12.7 Å². The SMILES string of the molecule is CC(=O)OC[C@H]1O[C@@H](n2cnc3ncnc(N)c32)[C@H](OC(C)=O)[C@@H]1F. The fourth-order valence-corrected chi connectivity index (χ4v) is 2.66. The lowest BCUT2D eigenvalue weighted by molar-refractivity contribution is -0.154. The van der Waals surface area contributed by atoms with Gasteiger partial charge in [-0.3, -0.25) is 14.2 Å². The maximum Gasteiger partial charge on any atom is 0.303 e. The van der Waals surface area contributed by atoms with Crippen molar-refractivity contribution in [2.75, 3.05) is 12.3 Å². The summed E-state index contributed by atoms with van der Waals surface area (Å²) in [4.78, 5) is 34.2. The Kier molecular flexibility index (Phi) is 4.49. The van der Waals surface area contributed by atoms with Gasteiger partial charge in [-0.2, -0.15) is 0 Å². The molecule has 3 rings (SSSR count). The van der Waals surface area contributed by atoms with Gasteiger partial charge < -0.3 is 19.9 Å². The van der Waals surface area contributed by atoms with Crippen LogP contribution in [-0.4, -0.2) is 56.4 Å². The number of ether oxygens (including phenoxy) is 3. The van der Waals surface area contributed by atoms with Crippen molar-refractivity contribution < 1.29 is 28.2 Å². The molecule has 2 aromatic heterocycles. The van der Waals surface area contributed by atoms with Gasteiger partial charge >= 0.3 is 11.9 Å². The highest BCUT2D eigenvalue weighted by Gasteiger charge is 2.49. The van der Waals surface area contributed by atoms with E-state index in [1.807, 2.05) is 0 Å². The first-order valence-electron chi connectivity index (χ1n) is 7.41. The van der Waals surface area contributed by atoms with Gasteiger partial charge in [-0.05, 0) is 0 Å². The third-order valence-corrected chi connectivity index (χ3v) is 3.69. The number of hydrogen-bond acceptors (Lipinski definition) is 9. The summed E-state index contributed by atoms with van der Waals surface area (Å²) in [6.07, 6.45) is -2.56. The molecular formula is C14H16FN5O5. The molecule has 1 aliphatic heterocycles. The van der Waals surface area contributed by atoms with Gasteiger partial charge in [0.25, 0.3) is 0 Å². The van der Waals surface area contributed by atoms with Crippen molar-refractivity contribution >= 4 is 28.9 Å². The number of carbonyl (C=O) groups is 2. The van der Waals surface area contributed by atoms with E-state index in [1.54, 1.807) is 0 Å². The number of nitrogens with two attached hydrogens (primary N) is 1. The fraction of sp³-hybridized carbons (Fsp3) is 0.500.